The van der Waals surface area contributed by atoms with Gasteiger partial charge in [0.05, 0.1) is 11.9 Å². The summed E-state index contributed by atoms with van der Waals surface area (Å²) in [6.45, 7) is 1.82. The van der Waals surface area contributed by atoms with Crippen molar-refractivity contribution in [2.45, 2.75) is 6.92 Å². The molecule has 0 fully saturated rings. The van der Waals surface area contributed by atoms with Crippen LogP contribution in [0.15, 0.2) is 35.1 Å². The van der Waals surface area contributed by atoms with Gasteiger partial charge >= 0.3 is 0 Å². The molecule has 4 nitrogen and oxygen atoms in total. The van der Waals surface area contributed by atoms with Crippen LogP contribution in [0.3, 0.4) is 0 Å². The highest BCUT2D eigenvalue weighted by Crippen LogP contribution is 2.16. The summed E-state index contributed by atoms with van der Waals surface area (Å²) in [6, 6.07) is 5.15. The van der Waals surface area contributed by atoms with Crippen LogP contribution in [0.25, 0.3) is 0 Å². The molecule has 1 amide bonds. The monoisotopic (exact) mass is 325 g/mol. The number of aryl methyl sites for hydroxylation is 1. The Bertz CT molecular complexity index is 586. The maximum Gasteiger partial charge on any atom is 0.274 e. The van der Waals surface area contributed by atoms with Crippen molar-refractivity contribution in [2.24, 2.45) is 0 Å². The molecule has 2 aromatic rings. The molecule has 0 aromatic carbocycles. The third-order valence-corrected chi connectivity index (χ3v) is 3.10. The van der Waals surface area contributed by atoms with Gasteiger partial charge in [0.25, 0.3) is 5.91 Å². The van der Waals surface area contributed by atoms with Gasteiger partial charge in [-0.2, -0.15) is 0 Å². The SMILES string of the molecule is Cc1cc(NC(=O)c2ccc(Br)cn2)cnc1Cl. The first-order chi connectivity index (χ1) is 8.56. The highest BCUT2D eigenvalue weighted by Gasteiger charge is 2.08. The molecule has 0 radical (unpaired) electrons. The molecule has 1 N–H and O–H groups in total. The Kier molecular flexibility index (Phi) is 3.93. The second-order valence-corrected chi connectivity index (χ2v) is 4.92. The molecule has 18 heavy (non-hydrogen) atoms. The van der Waals surface area contributed by atoms with Crippen LogP contribution in [0.1, 0.15) is 16.1 Å². The number of halogens is 2. The molecule has 0 bridgehead atoms. The van der Waals surface area contributed by atoms with E-state index in [2.05, 4.69) is 31.2 Å². The lowest BCUT2D eigenvalue weighted by Crippen LogP contribution is -2.13. The summed E-state index contributed by atoms with van der Waals surface area (Å²) in [7, 11) is 0. The van der Waals surface area contributed by atoms with Crippen LogP contribution < -0.4 is 5.32 Å². The van der Waals surface area contributed by atoms with Crippen LogP contribution >= 0.6 is 27.5 Å². The average Bonchev–Trinajstić information content (AvgIpc) is 2.34. The van der Waals surface area contributed by atoms with Gasteiger partial charge in [-0.3, -0.25) is 4.79 Å². The first-order valence-electron chi connectivity index (χ1n) is 5.11. The largest absolute Gasteiger partial charge is 0.319 e. The third-order valence-electron chi connectivity index (χ3n) is 2.23. The maximum absolute atomic E-state index is 11.9. The van der Waals surface area contributed by atoms with Crippen LogP contribution in [-0.2, 0) is 0 Å². The second kappa shape index (κ2) is 5.46. The first-order valence-corrected chi connectivity index (χ1v) is 6.28. The lowest BCUT2D eigenvalue weighted by atomic mass is 10.3. The Morgan fingerprint density at radius 1 is 1.33 bits per heavy atom. The van der Waals surface area contributed by atoms with Crippen molar-refractivity contribution < 1.29 is 4.79 Å². The number of aromatic nitrogens is 2. The topological polar surface area (TPSA) is 54.9 Å². The van der Waals surface area contributed by atoms with Crippen LogP contribution in [0.4, 0.5) is 5.69 Å². The minimum atomic E-state index is -0.286. The normalized spacial score (nSPS) is 10.2. The highest BCUT2D eigenvalue weighted by molar-refractivity contribution is 9.10. The fraction of sp³-hybridized carbons (Fsp3) is 0.0833. The van der Waals surface area contributed by atoms with E-state index >= 15 is 0 Å². The number of nitrogens with zero attached hydrogens (tertiary/aromatic N) is 2. The van der Waals surface area contributed by atoms with E-state index in [1.807, 2.05) is 6.92 Å². The van der Waals surface area contributed by atoms with Crippen LogP contribution in [0.2, 0.25) is 5.15 Å². The number of hydrogen-bond donors (Lipinski definition) is 1. The minimum Gasteiger partial charge on any atom is -0.319 e. The summed E-state index contributed by atoms with van der Waals surface area (Å²) in [5.74, 6) is -0.286. The molecule has 0 atom stereocenters. The molecule has 0 saturated carbocycles. The number of hydrogen-bond acceptors (Lipinski definition) is 3. The molecule has 0 saturated heterocycles. The molecule has 0 aliphatic heterocycles. The highest BCUT2D eigenvalue weighted by atomic mass is 79.9. The van der Waals surface area contributed by atoms with Gasteiger partial charge in [-0.15, -0.1) is 0 Å². The Morgan fingerprint density at radius 2 is 2.11 bits per heavy atom. The van der Waals surface area contributed by atoms with Gasteiger partial charge < -0.3 is 5.32 Å². The van der Waals surface area contributed by atoms with E-state index in [-0.39, 0.29) is 5.91 Å². The van der Waals surface area contributed by atoms with Gasteiger partial charge in [0.2, 0.25) is 0 Å². The summed E-state index contributed by atoms with van der Waals surface area (Å²) in [4.78, 5) is 19.8. The summed E-state index contributed by atoms with van der Waals surface area (Å²) < 4.78 is 0.822. The smallest absolute Gasteiger partial charge is 0.274 e. The number of pyridine rings is 2. The summed E-state index contributed by atoms with van der Waals surface area (Å²) in [6.07, 6.45) is 3.08. The Balaban J connectivity index is 2.16. The van der Waals surface area contributed by atoms with Gasteiger partial charge in [-0.1, -0.05) is 11.6 Å². The number of anilines is 1. The van der Waals surface area contributed by atoms with Crippen molar-refractivity contribution in [1.29, 1.82) is 0 Å². The second-order valence-electron chi connectivity index (χ2n) is 3.65. The lowest BCUT2D eigenvalue weighted by Gasteiger charge is -2.05. The van der Waals surface area contributed by atoms with Gasteiger partial charge in [-0.05, 0) is 46.6 Å². The average molecular weight is 327 g/mol. The van der Waals surface area contributed by atoms with E-state index < -0.39 is 0 Å². The zero-order valence-corrected chi connectivity index (χ0v) is 11.8. The quantitative estimate of drug-likeness (QED) is 0.860. The predicted octanol–water partition coefficient (Wildman–Crippen LogP) is 3.45. The van der Waals surface area contributed by atoms with Crippen molar-refractivity contribution in [3.8, 4) is 0 Å². The Morgan fingerprint density at radius 3 is 2.72 bits per heavy atom. The zero-order chi connectivity index (χ0) is 13.1. The predicted molar refractivity (Wildman–Crippen MR) is 73.9 cm³/mol. The first kappa shape index (κ1) is 13.0. The number of rotatable bonds is 2. The van der Waals surface area contributed by atoms with Crippen LogP contribution in [-0.4, -0.2) is 15.9 Å². The minimum absolute atomic E-state index is 0.286. The number of nitrogens with one attached hydrogen (secondary N) is 1. The number of carbonyl (C=O) groups is 1. The van der Waals surface area contributed by atoms with Gasteiger partial charge in [0.1, 0.15) is 10.8 Å². The van der Waals surface area contributed by atoms with E-state index in [4.69, 9.17) is 11.6 Å². The molecule has 0 aliphatic carbocycles. The molecule has 2 aromatic heterocycles. The standard InChI is InChI=1S/C12H9BrClN3O/c1-7-4-9(6-16-11(7)14)17-12(18)10-3-2-8(13)5-15-10/h2-6H,1H3,(H,17,18). The van der Waals surface area contributed by atoms with Crippen molar-refractivity contribution in [3.63, 3.8) is 0 Å². The zero-order valence-electron chi connectivity index (χ0n) is 9.45. The fourth-order valence-electron chi connectivity index (χ4n) is 1.33. The Labute approximate surface area is 118 Å². The van der Waals surface area contributed by atoms with Crippen LogP contribution in [0.5, 0.6) is 0 Å². The van der Waals surface area contributed by atoms with E-state index in [1.54, 1.807) is 24.4 Å². The fourth-order valence-corrected chi connectivity index (χ4v) is 1.67. The molecular formula is C12H9BrClN3O. The molecule has 2 heterocycles. The summed E-state index contributed by atoms with van der Waals surface area (Å²) >= 11 is 9.07. The van der Waals surface area contributed by atoms with E-state index in [9.17, 15) is 4.79 Å². The van der Waals surface area contributed by atoms with Crippen molar-refractivity contribution in [1.82, 2.24) is 9.97 Å². The number of carbonyl (C=O) groups excluding carboxylic acids is 1. The summed E-state index contributed by atoms with van der Waals surface area (Å²) in [5, 5.41) is 3.13. The molecule has 92 valence electrons. The molecule has 0 unspecified atom stereocenters. The number of amides is 1. The Hall–Kier alpha value is -1.46. The van der Waals surface area contributed by atoms with Gasteiger partial charge in [-0.25, -0.2) is 9.97 Å². The van der Waals surface area contributed by atoms with Crippen molar-refractivity contribution in [2.75, 3.05) is 5.32 Å². The van der Waals surface area contributed by atoms with E-state index in [0.717, 1.165) is 10.0 Å². The van der Waals surface area contributed by atoms with Gasteiger partial charge in [0, 0.05) is 10.7 Å². The summed E-state index contributed by atoms with van der Waals surface area (Å²) in [5.41, 5.74) is 1.73. The maximum atomic E-state index is 11.9. The van der Waals surface area contributed by atoms with E-state index in [1.165, 1.54) is 6.20 Å². The van der Waals surface area contributed by atoms with Crippen LogP contribution in [0, 0.1) is 6.92 Å². The van der Waals surface area contributed by atoms with Crippen molar-refractivity contribution >= 4 is 39.1 Å². The van der Waals surface area contributed by atoms with E-state index in [0.29, 0.717) is 16.5 Å². The molecule has 0 aliphatic rings. The van der Waals surface area contributed by atoms with Crippen molar-refractivity contribution in [3.05, 3.63) is 51.5 Å². The molecular weight excluding hydrogens is 318 g/mol. The molecule has 6 heteroatoms. The lowest BCUT2D eigenvalue weighted by molar-refractivity contribution is 0.102. The molecule has 2 rings (SSSR count). The molecule has 0 spiro atoms. The third kappa shape index (κ3) is 3.05. The van der Waals surface area contributed by atoms with Gasteiger partial charge in [0.15, 0.2) is 0 Å².